The molecule has 1 amide bonds. The van der Waals surface area contributed by atoms with Gasteiger partial charge in [0.05, 0.1) is 0 Å². The van der Waals surface area contributed by atoms with Crippen molar-refractivity contribution in [3.05, 3.63) is 23.3 Å². The molecule has 0 spiro atoms. The summed E-state index contributed by atoms with van der Waals surface area (Å²) in [6.07, 6.45) is 6.24. The molecule has 1 saturated carbocycles. The molecular weight excluding hydrogens is 234 g/mol. The van der Waals surface area contributed by atoms with Crippen molar-refractivity contribution >= 4 is 5.91 Å². The number of hydrogen-bond donors (Lipinski definition) is 0. The summed E-state index contributed by atoms with van der Waals surface area (Å²) in [7, 11) is 0. The van der Waals surface area contributed by atoms with E-state index in [0.29, 0.717) is 6.04 Å². The first-order valence-electron chi connectivity index (χ1n) is 7.37. The summed E-state index contributed by atoms with van der Waals surface area (Å²) in [4.78, 5) is 14.9. The van der Waals surface area contributed by atoms with Gasteiger partial charge in [-0.2, -0.15) is 0 Å². The monoisotopic (exact) mass is 261 g/mol. The number of amides is 1. The lowest BCUT2D eigenvalue weighted by atomic mass is 9.51. The Morgan fingerprint density at radius 3 is 2.11 bits per heavy atom. The fraction of sp³-hybridized carbons (Fsp3) is 0.706. The number of allylic oxidation sites excluding steroid dienone is 2. The molecule has 0 aromatic heterocycles. The number of likely N-dealkylation sites (tertiary alicyclic amines) is 1. The second kappa shape index (κ2) is 4.50. The zero-order valence-electron chi connectivity index (χ0n) is 13.2. The summed E-state index contributed by atoms with van der Waals surface area (Å²) in [5.41, 5.74) is 2.60. The van der Waals surface area contributed by atoms with Crippen LogP contribution in [0.5, 0.6) is 0 Å². The average molecular weight is 261 g/mol. The van der Waals surface area contributed by atoms with Crippen LogP contribution in [0.1, 0.15) is 54.4 Å². The molecule has 0 bridgehead atoms. The molecule has 19 heavy (non-hydrogen) atoms. The summed E-state index contributed by atoms with van der Waals surface area (Å²) in [5.74, 6) is 0.229. The second-order valence-corrected chi connectivity index (χ2v) is 7.32. The molecule has 1 saturated heterocycles. The van der Waals surface area contributed by atoms with Gasteiger partial charge in [-0.3, -0.25) is 4.79 Å². The highest BCUT2D eigenvalue weighted by molar-refractivity contribution is 5.99. The third kappa shape index (κ3) is 2.15. The van der Waals surface area contributed by atoms with Gasteiger partial charge in [0.1, 0.15) is 0 Å². The molecule has 0 aromatic rings. The Morgan fingerprint density at radius 1 is 1.11 bits per heavy atom. The lowest BCUT2D eigenvalue weighted by Crippen LogP contribution is -2.65. The fourth-order valence-electron chi connectivity index (χ4n) is 4.76. The van der Waals surface area contributed by atoms with E-state index in [1.165, 1.54) is 12.0 Å². The van der Waals surface area contributed by atoms with E-state index in [1.54, 1.807) is 0 Å². The quantitative estimate of drug-likeness (QED) is 0.655. The lowest BCUT2D eigenvalue weighted by Gasteiger charge is -2.62. The summed E-state index contributed by atoms with van der Waals surface area (Å²) >= 11 is 0. The Balaban J connectivity index is 2.31. The highest BCUT2D eigenvalue weighted by atomic mass is 16.2. The van der Waals surface area contributed by atoms with Crippen LogP contribution in [0.25, 0.3) is 0 Å². The van der Waals surface area contributed by atoms with E-state index in [4.69, 9.17) is 0 Å². The van der Waals surface area contributed by atoms with Gasteiger partial charge in [-0.1, -0.05) is 39.8 Å². The van der Waals surface area contributed by atoms with Gasteiger partial charge < -0.3 is 4.90 Å². The van der Waals surface area contributed by atoms with Crippen LogP contribution in [0.3, 0.4) is 0 Å². The van der Waals surface area contributed by atoms with E-state index in [1.807, 2.05) is 19.9 Å². The van der Waals surface area contributed by atoms with E-state index in [2.05, 4.69) is 38.7 Å². The molecule has 2 nitrogen and oxygen atoms in total. The van der Waals surface area contributed by atoms with Crippen molar-refractivity contribution in [1.29, 1.82) is 0 Å². The van der Waals surface area contributed by atoms with Gasteiger partial charge in [0.2, 0.25) is 0 Å². The zero-order valence-corrected chi connectivity index (χ0v) is 13.2. The molecule has 0 N–H and O–H groups in total. The predicted octanol–water partition coefficient (Wildman–Crippen LogP) is 3.94. The van der Waals surface area contributed by atoms with Crippen LogP contribution in [0, 0.1) is 10.8 Å². The van der Waals surface area contributed by atoms with Gasteiger partial charge in [-0.25, -0.2) is 0 Å². The van der Waals surface area contributed by atoms with Crippen LogP contribution < -0.4 is 0 Å². The smallest absolute Gasteiger partial charge is 0.254 e. The highest BCUT2D eigenvalue weighted by Gasteiger charge is 2.57. The number of carbonyl (C=O) groups excluding carboxylic acids is 1. The maximum atomic E-state index is 12.8. The van der Waals surface area contributed by atoms with E-state index < -0.39 is 0 Å². The van der Waals surface area contributed by atoms with Gasteiger partial charge >= 0.3 is 0 Å². The Bertz CT molecular complexity index is 440. The Hall–Kier alpha value is -1.05. The number of rotatable bonds is 1. The zero-order chi connectivity index (χ0) is 14.4. The first-order chi connectivity index (χ1) is 8.74. The molecule has 1 heterocycles. The van der Waals surface area contributed by atoms with Gasteiger partial charge in [0.15, 0.2) is 0 Å². The minimum atomic E-state index is 0.229. The van der Waals surface area contributed by atoms with Crippen LogP contribution in [0.4, 0.5) is 0 Å². The van der Waals surface area contributed by atoms with Crippen LogP contribution in [0.15, 0.2) is 23.3 Å². The van der Waals surface area contributed by atoms with Gasteiger partial charge in [-0.15, -0.1) is 0 Å². The standard InChI is InChI=1S/C17H27NO/c1-7-12-9-10-18(14(19)13(12)8-2)15-16(3,4)11-17(15,5)6/h7-8,15H,9-11H2,1-6H3/b12-7-,13-8+. The Labute approximate surface area is 117 Å². The number of nitrogens with zero attached hydrogens (tertiary/aromatic N) is 1. The van der Waals surface area contributed by atoms with Crippen LogP contribution in [0.2, 0.25) is 0 Å². The number of carbonyl (C=O) groups is 1. The molecule has 1 aliphatic carbocycles. The summed E-state index contributed by atoms with van der Waals surface area (Å²) in [5, 5.41) is 0. The minimum Gasteiger partial charge on any atom is -0.334 e. The van der Waals surface area contributed by atoms with Gasteiger partial charge in [-0.05, 0) is 43.1 Å². The normalized spacial score (nSPS) is 30.8. The Morgan fingerprint density at radius 2 is 1.68 bits per heavy atom. The number of hydrogen-bond acceptors (Lipinski definition) is 1. The summed E-state index contributed by atoms with van der Waals surface area (Å²) < 4.78 is 0. The number of piperidine rings is 1. The van der Waals surface area contributed by atoms with Crippen LogP contribution in [-0.2, 0) is 4.79 Å². The maximum Gasteiger partial charge on any atom is 0.254 e. The lowest BCUT2D eigenvalue weighted by molar-refractivity contribution is -0.155. The van der Waals surface area contributed by atoms with Crippen LogP contribution >= 0.6 is 0 Å². The Kier molecular flexibility index (Phi) is 3.40. The minimum absolute atomic E-state index is 0.229. The summed E-state index contributed by atoms with van der Waals surface area (Å²) in [6.45, 7) is 14.0. The fourth-order valence-corrected chi connectivity index (χ4v) is 4.76. The van der Waals surface area contributed by atoms with Gasteiger partial charge in [0.25, 0.3) is 5.91 Å². The van der Waals surface area contributed by atoms with Crippen molar-refractivity contribution in [3.8, 4) is 0 Å². The molecule has 0 radical (unpaired) electrons. The molecular formula is C17H27NO. The first-order valence-corrected chi connectivity index (χ1v) is 7.37. The van der Waals surface area contributed by atoms with Crippen molar-refractivity contribution in [3.63, 3.8) is 0 Å². The topological polar surface area (TPSA) is 20.3 Å². The van der Waals surface area contributed by atoms with E-state index >= 15 is 0 Å². The van der Waals surface area contributed by atoms with E-state index in [-0.39, 0.29) is 16.7 Å². The summed E-state index contributed by atoms with van der Waals surface area (Å²) in [6, 6.07) is 0.362. The van der Waals surface area contributed by atoms with Crippen molar-refractivity contribution in [1.82, 2.24) is 4.90 Å². The molecule has 0 aromatic carbocycles. The molecule has 2 heteroatoms. The average Bonchev–Trinajstić information content (AvgIpc) is 2.29. The molecule has 0 unspecified atom stereocenters. The van der Waals surface area contributed by atoms with Crippen molar-refractivity contribution < 1.29 is 4.79 Å². The SMILES string of the molecule is C/C=C1/CCN(C2C(C)(C)CC2(C)C)C(=O)/C1=C/C. The first kappa shape index (κ1) is 14.4. The second-order valence-electron chi connectivity index (χ2n) is 7.32. The van der Waals surface area contributed by atoms with Crippen molar-refractivity contribution in [2.45, 2.75) is 60.4 Å². The van der Waals surface area contributed by atoms with E-state index in [9.17, 15) is 4.79 Å². The van der Waals surface area contributed by atoms with Crippen molar-refractivity contribution in [2.75, 3.05) is 6.54 Å². The third-order valence-corrected chi connectivity index (χ3v) is 4.80. The largest absolute Gasteiger partial charge is 0.334 e. The third-order valence-electron chi connectivity index (χ3n) is 4.80. The van der Waals surface area contributed by atoms with Gasteiger partial charge in [0, 0.05) is 18.2 Å². The molecule has 2 aliphatic rings. The molecule has 1 aliphatic heterocycles. The van der Waals surface area contributed by atoms with Crippen LogP contribution in [-0.4, -0.2) is 23.4 Å². The molecule has 2 rings (SSSR count). The van der Waals surface area contributed by atoms with Crippen molar-refractivity contribution in [2.24, 2.45) is 10.8 Å². The molecule has 0 atom stereocenters. The van der Waals surface area contributed by atoms with E-state index in [0.717, 1.165) is 18.5 Å². The maximum absolute atomic E-state index is 12.8. The molecule has 2 fully saturated rings. The predicted molar refractivity (Wildman–Crippen MR) is 79.8 cm³/mol. The molecule has 106 valence electrons. The highest BCUT2D eigenvalue weighted by Crippen LogP contribution is 2.56.